The van der Waals surface area contributed by atoms with E-state index >= 15 is 0 Å². The van der Waals surface area contributed by atoms with Gasteiger partial charge in [0.05, 0.1) is 18.7 Å². The molecule has 10 nitrogen and oxygen atoms in total. The van der Waals surface area contributed by atoms with E-state index in [0.29, 0.717) is 35.9 Å². The van der Waals surface area contributed by atoms with Crippen LogP contribution in [-0.2, 0) is 11.3 Å². The van der Waals surface area contributed by atoms with E-state index in [-0.39, 0.29) is 11.5 Å². The zero-order chi connectivity index (χ0) is 28.5. The van der Waals surface area contributed by atoms with E-state index in [1.807, 2.05) is 30.5 Å². The second kappa shape index (κ2) is 11.5. The van der Waals surface area contributed by atoms with Gasteiger partial charge in [-0.05, 0) is 55.6 Å². The smallest absolute Gasteiger partial charge is 0.260 e. The van der Waals surface area contributed by atoms with Crippen molar-refractivity contribution in [3.05, 3.63) is 92.8 Å². The van der Waals surface area contributed by atoms with E-state index in [1.165, 1.54) is 22.5 Å². The molecule has 11 heteroatoms. The summed E-state index contributed by atoms with van der Waals surface area (Å²) >= 11 is 1.50. The van der Waals surface area contributed by atoms with Crippen molar-refractivity contribution in [1.29, 1.82) is 0 Å². The fourth-order valence-corrected chi connectivity index (χ4v) is 6.10. The number of anilines is 2. The second-order valence-electron chi connectivity index (χ2n) is 10.5. The highest BCUT2D eigenvalue weighted by Crippen LogP contribution is 2.28. The van der Waals surface area contributed by atoms with Crippen molar-refractivity contribution in [2.45, 2.75) is 32.2 Å². The first-order valence-electron chi connectivity index (χ1n) is 14.1. The van der Waals surface area contributed by atoms with E-state index in [0.717, 1.165) is 60.1 Å². The average Bonchev–Trinajstić information content (AvgIpc) is 3.75. The van der Waals surface area contributed by atoms with Gasteiger partial charge < -0.3 is 15.4 Å². The third-order valence-corrected chi connectivity index (χ3v) is 8.53. The Labute approximate surface area is 246 Å². The lowest BCUT2D eigenvalue weighted by molar-refractivity contribution is 0.193. The molecule has 0 spiro atoms. The highest BCUT2D eigenvalue weighted by molar-refractivity contribution is 7.09. The molecule has 6 heterocycles. The van der Waals surface area contributed by atoms with Crippen molar-refractivity contribution in [1.82, 2.24) is 34.8 Å². The van der Waals surface area contributed by atoms with E-state index in [2.05, 4.69) is 43.8 Å². The normalized spacial score (nSPS) is 17.0. The SMILES string of the molecule is Cc1nc(C2CCOC2)ncc1-c1cc2cnc(Nc3ccc(C4=CCNCC4)cc3)nc2n(Cc2nccs2)c1=O. The minimum Gasteiger partial charge on any atom is -0.381 e. The lowest BCUT2D eigenvalue weighted by Crippen LogP contribution is -2.24. The number of nitrogens with one attached hydrogen (secondary N) is 2. The molecule has 7 rings (SSSR count). The molecule has 1 atom stereocenters. The number of aromatic nitrogens is 6. The fraction of sp³-hybridized carbons (Fsp3) is 0.290. The summed E-state index contributed by atoms with van der Waals surface area (Å²) in [6, 6.07) is 10.1. The highest BCUT2D eigenvalue weighted by Gasteiger charge is 2.23. The van der Waals surface area contributed by atoms with Gasteiger partial charge in [0.2, 0.25) is 5.95 Å². The van der Waals surface area contributed by atoms with Gasteiger partial charge >= 0.3 is 0 Å². The first kappa shape index (κ1) is 26.6. The Balaban J connectivity index is 1.25. The quantitative estimate of drug-likeness (QED) is 0.284. The summed E-state index contributed by atoms with van der Waals surface area (Å²) in [5.41, 5.74) is 5.77. The molecule has 0 amide bonds. The Bertz CT molecular complexity index is 1830. The standard InChI is InChI=1S/C31H30N8O2S/c1-19-26(16-34-28(36-19)22-8-12-41-18-22)25-14-23-15-35-31(38-29(23)39(30(25)40)17-27-33-11-13-42-27)37-24-4-2-20(3-5-24)21-6-9-32-10-7-21/h2-6,11,13-16,22,32H,7-10,12,17-18H2,1H3,(H,35,37,38). The number of hydrogen-bond acceptors (Lipinski definition) is 10. The van der Waals surface area contributed by atoms with Gasteiger partial charge in [0.25, 0.3) is 5.56 Å². The Morgan fingerprint density at radius 3 is 2.76 bits per heavy atom. The number of aryl methyl sites for hydroxylation is 1. The zero-order valence-electron chi connectivity index (χ0n) is 23.2. The van der Waals surface area contributed by atoms with Crippen LogP contribution in [0.4, 0.5) is 11.6 Å². The molecule has 0 saturated carbocycles. The number of thiazole rings is 1. The van der Waals surface area contributed by atoms with Crippen LogP contribution in [0.15, 0.2) is 65.2 Å². The molecule has 1 fully saturated rings. The number of fused-ring (bicyclic) bond motifs is 1. The number of ether oxygens (including phenoxy) is 1. The molecule has 2 aliphatic heterocycles. The molecule has 2 N–H and O–H groups in total. The molecule has 4 aromatic heterocycles. The lowest BCUT2D eigenvalue weighted by atomic mass is 10.0. The van der Waals surface area contributed by atoms with Gasteiger partial charge in [-0.1, -0.05) is 18.2 Å². The summed E-state index contributed by atoms with van der Waals surface area (Å²) in [5.74, 6) is 1.37. The minimum absolute atomic E-state index is 0.175. The maximum atomic E-state index is 14.0. The number of rotatable bonds is 7. The van der Waals surface area contributed by atoms with Crippen molar-refractivity contribution in [3.63, 3.8) is 0 Å². The van der Waals surface area contributed by atoms with E-state index < -0.39 is 0 Å². The van der Waals surface area contributed by atoms with Crippen LogP contribution in [0, 0.1) is 6.92 Å². The molecule has 0 bridgehead atoms. The molecule has 212 valence electrons. The number of pyridine rings is 1. The van der Waals surface area contributed by atoms with Crippen LogP contribution in [0.1, 0.15) is 40.8 Å². The molecule has 1 saturated heterocycles. The van der Waals surface area contributed by atoms with Gasteiger partial charge in [0.1, 0.15) is 16.5 Å². The van der Waals surface area contributed by atoms with Gasteiger partial charge in [-0.25, -0.2) is 19.9 Å². The maximum Gasteiger partial charge on any atom is 0.260 e. The van der Waals surface area contributed by atoms with Crippen LogP contribution in [-0.4, -0.2) is 55.8 Å². The monoisotopic (exact) mass is 578 g/mol. The molecule has 2 aliphatic rings. The lowest BCUT2D eigenvalue weighted by Gasteiger charge is -2.15. The fourth-order valence-electron chi connectivity index (χ4n) is 5.49. The van der Waals surface area contributed by atoms with Gasteiger partial charge in [-0.2, -0.15) is 4.98 Å². The maximum absolute atomic E-state index is 14.0. The molecule has 0 radical (unpaired) electrons. The largest absolute Gasteiger partial charge is 0.381 e. The first-order valence-corrected chi connectivity index (χ1v) is 15.0. The van der Waals surface area contributed by atoms with Crippen molar-refractivity contribution in [2.24, 2.45) is 0 Å². The van der Waals surface area contributed by atoms with E-state index in [9.17, 15) is 4.79 Å². The minimum atomic E-state index is -0.175. The number of benzene rings is 1. The van der Waals surface area contributed by atoms with Gasteiger partial charge in [-0.3, -0.25) is 9.36 Å². The summed E-state index contributed by atoms with van der Waals surface area (Å²) in [5, 5.41) is 10.1. The predicted molar refractivity (Wildman–Crippen MR) is 164 cm³/mol. The Morgan fingerprint density at radius 2 is 2.02 bits per heavy atom. The van der Waals surface area contributed by atoms with Gasteiger partial charge in [-0.15, -0.1) is 11.3 Å². The summed E-state index contributed by atoms with van der Waals surface area (Å²) < 4.78 is 7.18. The third-order valence-electron chi connectivity index (χ3n) is 7.76. The Hall–Kier alpha value is -4.32. The highest BCUT2D eigenvalue weighted by atomic mass is 32.1. The van der Waals surface area contributed by atoms with Crippen molar-refractivity contribution < 1.29 is 4.74 Å². The molecule has 42 heavy (non-hydrogen) atoms. The van der Waals surface area contributed by atoms with Crippen LogP contribution in [0.5, 0.6) is 0 Å². The van der Waals surface area contributed by atoms with Crippen molar-refractivity contribution in [3.8, 4) is 11.1 Å². The Kier molecular flexibility index (Phi) is 7.28. The molecular weight excluding hydrogens is 548 g/mol. The molecule has 5 aromatic rings. The third kappa shape index (κ3) is 5.34. The summed E-state index contributed by atoms with van der Waals surface area (Å²) in [6.07, 6.45) is 9.41. The van der Waals surface area contributed by atoms with Crippen LogP contribution >= 0.6 is 11.3 Å². The topological polar surface area (TPSA) is 120 Å². The Morgan fingerprint density at radius 1 is 1.12 bits per heavy atom. The zero-order valence-corrected chi connectivity index (χ0v) is 24.0. The number of nitrogens with zero attached hydrogens (tertiary/aromatic N) is 6. The van der Waals surface area contributed by atoms with Crippen LogP contribution < -0.4 is 16.2 Å². The summed E-state index contributed by atoms with van der Waals surface area (Å²) in [6.45, 7) is 5.46. The average molecular weight is 579 g/mol. The predicted octanol–water partition coefficient (Wildman–Crippen LogP) is 4.69. The first-order chi connectivity index (χ1) is 20.6. The summed E-state index contributed by atoms with van der Waals surface area (Å²) in [7, 11) is 0. The molecule has 0 aliphatic carbocycles. The van der Waals surface area contributed by atoms with Crippen molar-refractivity contribution >= 4 is 39.6 Å². The van der Waals surface area contributed by atoms with Crippen LogP contribution in [0.3, 0.4) is 0 Å². The molecule has 1 unspecified atom stereocenters. The summed E-state index contributed by atoms with van der Waals surface area (Å²) in [4.78, 5) is 37.2. The van der Waals surface area contributed by atoms with Crippen molar-refractivity contribution in [2.75, 3.05) is 31.6 Å². The number of hydrogen-bond donors (Lipinski definition) is 2. The second-order valence-corrected chi connectivity index (χ2v) is 11.5. The molecular formula is C31H30N8O2S. The van der Waals surface area contributed by atoms with Gasteiger partial charge in [0, 0.05) is 65.4 Å². The van der Waals surface area contributed by atoms with Crippen LogP contribution in [0.25, 0.3) is 27.7 Å². The van der Waals surface area contributed by atoms with E-state index in [1.54, 1.807) is 23.2 Å². The van der Waals surface area contributed by atoms with E-state index in [4.69, 9.17) is 14.7 Å². The van der Waals surface area contributed by atoms with Gasteiger partial charge in [0.15, 0.2) is 0 Å². The molecule has 1 aromatic carbocycles. The van der Waals surface area contributed by atoms with Crippen LogP contribution in [0.2, 0.25) is 0 Å².